The second-order valence-electron chi connectivity index (χ2n) is 4.61. The van der Waals surface area contributed by atoms with Gasteiger partial charge >= 0.3 is 0 Å². The highest BCUT2D eigenvalue weighted by atomic mass is 16.5. The molecule has 0 amide bonds. The van der Waals surface area contributed by atoms with Gasteiger partial charge in [0, 0.05) is 18.7 Å². The summed E-state index contributed by atoms with van der Waals surface area (Å²) < 4.78 is 5.68. The predicted octanol–water partition coefficient (Wildman–Crippen LogP) is 1.84. The van der Waals surface area contributed by atoms with Gasteiger partial charge in [-0.05, 0) is 34.0 Å². The summed E-state index contributed by atoms with van der Waals surface area (Å²) in [6, 6.07) is 5.70. The van der Waals surface area contributed by atoms with Crippen molar-refractivity contribution < 1.29 is 4.74 Å². The minimum absolute atomic E-state index is 0.00265. The number of rotatable bonds is 5. The summed E-state index contributed by atoms with van der Waals surface area (Å²) in [6.45, 7) is 4.88. The van der Waals surface area contributed by atoms with Crippen LogP contribution in [0.15, 0.2) is 18.2 Å². The van der Waals surface area contributed by atoms with E-state index in [0.717, 1.165) is 5.82 Å². The molecule has 0 aromatic carbocycles. The molecule has 0 radical (unpaired) electrons. The Bertz CT molecular complexity index is 337. The van der Waals surface area contributed by atoms with Crippen LogP contribution in [0.25, 0.3) is 0 Å². The second-order valence-corrected chi connectivity index (χ2v) is 4.61. The molecule has 0 saturated carbocycles. The maximum absolute atomic E-state index is 5.68. The number of hydrogen-bond donors (Lipinski definition) is 1. The molecular weight excluding hydrogens is 202 g/mol. The van der Waals surface area contributed by atoms with Gasteiger partial charge in [-0.2, -0.15) is 4.98 Å². The van der Waals surface area contributed by atoms with Crippen molar-refractivity contribution in [3.05, 3.63) is 18.2 Å². The second kappa shape index (κ2) is 5.16. The molecule has 4 heteroatoms. The molecule has 0 fully saturated rings. The lowest BCUT2D eigenvalue weighted by Gasteiger charge is -2.31. The van der Waals surface area contributed by atoms with E-state index in [-0.39, 0.29) is 5.54 Å². The van der Waals surface area contributed by atoms with Crippen molar-refractivity contribution in [2.24, 2.45) is 0 Å². The molecule has 4 nitrogen and oxygen atoms in total. The molecule has 0 spiro atoms. The number of ether oxygens (including phenoxy) is 1. The minimum Gasteiger partial charge on any atom is -0.476 e. The first-order valence-electron chi connectivity index (χ1n) is 5.41. The molecule has 1 rings (SSSR count). The van der Waals surface area contributed by atoms with E-state index < -0.39 is 0 Å². The highest BCUT2D eigenvalue weighted by Crippen LogP contribution is 2.15. The molecule has 0 bridgehead atoms. The zero-order chi connectivity index (χ0) is 12.2. The third kappa shape index (κ3) is 3.38. The van der Waals surface area contributed by atoms with Gasteiger partial charge in [0.05, 0.1) is 0 Å². The van der Waals surface area contributed by atoms with Crippen LogP contribution in [-0.4, -0.2) is 43.2 Å². The van der Waals surface area contributed by atoms with Gasteiger partial charge in [0.15, 0.2) is 0 Å². The molecule has 1 aromatic heterocycles. The topological polar surface area (TPSA) is 37.4 Å². The summed E-state index contributed by atoms with van der Waals surface area (Å²) in [6.07, 6.45) is 0. The predicted molar refractivity (Wildman–Crippen MR) is 67.0 cm³/mol. The Morgan fingerprint density at radius 3 is 2.62 bits per heavy atom. The lowest BCUT2D eigenvalue weighted by molar-refractivity contribution is 0.111. The fourth-order valence-electron chi connectivity index (χ4n) is 1.01. The van der Waals surface area contributed by atoms with Crippen LogP contribution in [0.2, 0.25) is 0 Å². The Kier molecular flexibility index (Phi) is 4.12. The van der Waals surface area contributed by atoms with E-state index in [9.17, 15) is 0 Å². The summed E-state index contributed by atoms with van der Waals surface area (Å²) in [5.74, 6) is 1.47. The molecule has 0 aliphatic rings. The van der Waals surface area contributed by atoms with E-state index in [2.05, 4.69) is 29.0 Å². The average Bonchev–Trinajstić information content (AvgIpc) is 2.26. The largest absolute Gasteiger partial charge is 0.476 e. The van der Waals surface area contributed by atoms with Crippen LogP contribution in [0.5, 0.6) is 5.88 Å². The van der Waals surface area contributed by atoms with Gasteiger partial charge in [-0.1, -0.05) is 6.07 Å². The smallest absolute Gasteiger partial charge is 0.215 e. The first-order valence-corrected chi connectivity index (χ1v) is 5.41. The summed E-state index contributed by atoms with van der Waals surface area (Å²) in [7, 11) is 5.93. The van der Waals surface area contributed by atoms with E-state index in [1.54, 1.807) is 0 Å². The number of aromatic nitrogens is 1. The van der Waals surface area contributed by atoms with Crippen molar-refractivity contribution in [2.75, 3.05) is 33.1 Å². The fourth-order valence-corrected chi connectivity index (χ4v) is 1.01. The van der Waals surface area contributed by atoms with Crippen molar-refractivity contribution in [1.82, 2.24) is 9.88 Å². The molecular formula is C12H21N3O. The Morgan fingerprint density at radius 2 is 2.06 bits per heavy atom. The number of pyridine rings is 1. The lowest BCUT2D eigenvalue weighted by Crippen LogP contribution is -2.43. The van der Waals surface area contributed by atoms with E-state index in [1.807, 2.05) is 39.3 Å². The Balaban J connectivity index is 2.60. The standard InChI is InChI=1S/C12H21N3O/c1-12(2,15(4)5)9-16-11-8-6-7-10(13-3)14-11/h6-8H,9H2,1-5H3,(H,13,14). The molecule has 0 aliphatic heterocycles. The Labute approximate surface area is 97.6 Å². The lowest BCUT2D eigenvalue weighted by atomic mass is 10.1. The monoisotopic (exact) mass is 223 g/mol. The fraction of sp³-hybridized carbons (Fsp3) is 0.583. The molecule has 0 unspecified atom stereocenters. The minimum atomic E-state index is -0.00265. The van der Waals surface area contributed by atoms with Crippen LogP contribution in [0, 0.1) is 0 Å². The number of anilines is 1. The van der Waals surface area contributed by atoms with Crippen LogP contribution in [-0.2, 0) is 0 Å². The first-order chi connectivity index (χ1) is 7.45. The third-order valence-corrected chi connectivity index (χ3v) is 2.76. The van der Waals surface area contributed by atoms with Crippen LogP contribution in [0.1, 0.15) is 13.8 Å². The summed E-state index contributed by atoms with van der Waals surface area (Å²) in [4.78, 5) is 6.44. The summed E-state index contributed by atoms with van der Waals surface area (Å²) >= 11 is 0. The van der Waals surface area contributed by atoms with E-state index >= 15 is 0 Å². The Morgan fingerprint density at radius 1 is 1.38 bits per heavy atom. The number of hydrogen-bond acceptors (Lipinski definition) is 4. The zero-order valence-corrected chi connectivity index (χ0v) is 10.7. The van der Waals surface area contributed by atoms with Gasteiger partial charge in [-0.25, -0.2) is 0 Å². The van der Waals surface area contributed by atoms with Gasteiger partial charge in [0.1, 0.15) is 12.4 Å². The molecule has 0 saturated heterocycles. The van der Waals surface area contributed by atoms with E-state index in [1.165, 1.54) is 0 Å². The number of nitrogens with one attached hydrogen (secondary N) is 1. The van der Waals surface area contributed by atoms with Gasteiger partial charge in [0.25, 0.3) is 0 Å². The van der Waals surface area contributed by atoms with Gasteiger partial charge in [0.2, 0.25) is 5.88 Å². The molecule has 1 heterocycles. The van der Waals surface area contributed by atoms with Crippen LogP contribution >= 0.6 is 0 Å². The Hall–Kier alpha value is -1.29. The molecule has 0 aliphatic carbocycles. The maximum atomic E-state index is 5.68. The van der Waals surface area contributed by atoms with Crippen molar-refractivity contribution in [2.45, 2.75) is 19.4 Å². The average molecular weight is 223 g/mol. The van der Waals surface area contributed by atoms with Crippen molar-refractivity contribution in [3.63, 3.8) is 0 Å². The van der Waals surface area contributed by atoms with Crippen molar-refractivity contribution in [3.8, 4) is 5.88 Å². The van der Waals surface area contributed by atoms with E-state index in [4.69, 9.17) is 4.74 Å². The zero-order valence-electron chi connectivity index (χ0n) is 10.7. The van der Waals surface area contributed by atoms with Gasteiger partial charge in [-0.3, -0.25) is 0 Å². The van der Waals surface area contributed by atoms with Crippen molar-refractivity contribution in [1.29, 1.82) is 0 Å². The number of nitrogens with zero attached hydrogens (tertiary/aromatic N) is 2. The highest BCUT2D eigenvalue weighted by Gasteiger charge is 2.21. The van der Waals surface area contributed by atoms with Crippen molar-refractivity contribution >= 4 is 5.82 Å². The maximum Gasteiger partial charge on any atom is 0.215 e. The van der Waals surface area contributed by atoms with Crippen LogP contribution in [0.4, 0.5) is 5.82 Å². The molecule has 90 valence electrons. The van der Waals surface area contributed by atoms with Gasteiger partial charge < -0.3 is 15.0 Å². The molecule has 1 N–H and O–H groups in total. The molecule has 16 heavy (non-hydrogen) atoms. The van der Waals surface area contributed by atoms with Gasteiger partial charge in [-0.15, -0.1) is 0 Å². The quantitative estimate of drug-likeness (QED) is 0.826. The third-order valence-electron chi connectivity index (χ3n) is 2.76. The molecule has 0 atom stereocenters. The summed E-state index contributed by atoms with van der Waals surface area (Å²) in [5.41, 5.74) is -0.00265. The normalized spacial score (nSPS) is 11.6. The summed E-state index contributed by atoms with van der Waals surface area (Å²) in [5, 5.41) is 2.99. The van der Waals surface area contributed by atoms with Crippen LogP contribution < -0.4 is 10.1 Å². The SMILES string of the molecule is CNc1cccc(OCC(C)(C)N(C)C)n1. The van der Waals surface area contributed by atoms with E-state index in [0.29, 0.717) is 12.5 Å². The highest BCUT2D eigenvalue weighted by molar-refractivity contribution is 5.35. The van der Waals surface area contributed by atoms with Crippen LogP contribution in [0.3, 0.4) is 0 Å². The first kappa shape index (κ1) is 12.8. The molecule has 1 aromatic rings. The number of likely N-dealkylation sites (N-methyl/N-ethyl adjacent to an activating group) is 1.